The van der Waals surface area contributed by atoms with Gasteiger partial charge in [-0.1, -0.05) is 12.1 Å². The van der Waals surface area contributed by atoms with E-state index in [4.69, 9.17) is 9.84 Å². The third-order valence-electron chi connectivity index (χ3n) is 3.10. The van der Waals surface area contributed by atoms with Crippen molar-refractivity contribution in [3.8, 4) is 5.75 Å². The van der Waals surface area contributed by atoms with Crippen LogP contribution in [0.3, 0.4) is 0 Å². The zero-order valence-corrected chi connectivity index (χ0v) is 11.6. The van der Waals surface area contributed by atoms with Crippen LogP contribution in [-0.4, -0.2) is 11.1 Å². The minimum Gasteiger partial charge on any atom is -0.489 e. The van der Waals surface area contributed by atoms with Gasteiger partial charge in [-0.15, -0.1) is 0 Å². The maximum Gasteiger partial charge on any atom is 0.416 e. The number of hydrogen-bond donors (Lipinski definition) is 1. The molecule has 0 atom stereocenters. The molecular weight excluding hydrogens is 297 g/mol. The molecule has 2 aromatic carbocycles. The van der Waals surface area contributed by atoms with E-state index in [-0.39, 0.29) is 12.2 Å². The summed E-state index contributed by atoms with van der Waals surface area (Å²) in [5, 5.41) is 8.79. The molecule has 0 saturated carbocycles. The quantitative estimate of drug-likeness (QED) is 0.916. The van der Waals surface area contributed by atoms with Gasteiger partial charge in [0.1, 0.15) is 12.4 Å². The molecule has 0 aliphatic carbocycles. The van der Waals surface area contributed by atoms with Crippen molar-refractivity contribution in [1.29, 1.82) is 0 Å². The number of halogens is 3. The Labute approximate surface area is 125 Å². The van der Waals surface area contributed by atoms with Crippen LogP contribution in [-0.2, 0) is 12.8 Å². The summed E-state index contributed by atoms with van der Waals surface area (Å²) in [5.41, 5.74) is 0.555. The van der Waals surface area contributed by atoms with E-state index in [1.54, 1.807) is 12.1 Å². The van der Waals surface area contributed by atoms with Crippen LogP contribution >= 0.6 is 0 Å². The van der Waals surface area contributed by atoms with Crippen molar-refractivity contribution in [3.63, 3.8) is 0 Å². The van der Waals surface area contributed by atoms with E-state index in [0.29, 0.717) is 11.3 Å². The first-order valence-corrected chi connectivity index (χ1v) is 6.40. The second-order valence-corrected chi connectivity index (χ2v) is 4.77. The average Bonchev–Trinajstić information content (AvgIpc) is 2.45. The van der Waals surface area contributed by atoms with Crippen molar-refractivity contribution in [2.75, 3.05) is 0 Å². The van der Waals surface area contributed by atoms with Gasteiger partial charge in [-0.25, -0.2) is 4.79 Å². The maximum absolute atomic E-state index is 12.6. The molecular formula is C16H13F3O3. The second kappa shape index (κ2) is 6.09. The minimum atomic E-state index is -4.38. The van der Waals surface area contributed by atoms with Gasteiger partial charge in [0.25, 0.3) is 0 Å². The molecule has 1 N–H and O–H groups in total. The average molecular weight is 310 g/mol. The Morgan fingerprint density at radius 2 is 1.77 bits per heavy atom. The molecule has 0 aliphatic heterocycles. The third kappa shape index (κ3) is 3.78. The summed E-state index contributed by atoms with van der Waals surface area (Å²) in [4.78, 5) is 10.7. The summed E-state index contributed by atoms with van der Waals surface area (Å²) < 4.78 is 43.2. The maximum atomic E-state index is 12.6. The number of aromatic carboxylic acids is 1. The van der Waals surface area contributed by atoms with Gasteiger partial charge in [0.15, 0.2) is 0 Å². The first kappa shape index (κ1) is 15.9. The van der Waals surface area contributed by atoms with Crippen molar-refractivity contribution in [2.45, 2.75) is 19.7 Å². The zero-order chi connectivity index (χ0) is 16.3. The normalized spacial score (nSPS) is 11.3. The monoisotopic (exact) mass is 310 g/mol. The second-order valence-electron chi connectivity index (χ2n) is 4.77. The molecule has 0 amide bonds. The van der Waals surface area contributed by atoms with Gasteiger partial charge in [-0.2, -0.15) is 13.2 Å². The molecule has 0 heterocycles. The fourth-order valence-electron chi connectivity index (χ4n) is 1.89. The first-order valence-electron chi connectivity index (χ1n) is 6.40. The summed E-state index contributed by atoms with van der Waals surface area (Å²) in [6.45, 7) is 1.68. The van der Waals surface area contributed by atoms with E-state index in [1.165, 1.54) is 25.1 Å². The van der Waals surface area contributed by atoms with Crippen LogP contribution in [0.15, 0.2) is 42.5 Å². The Bertz CT molecular complexity index is 676. The standard InChI is InChI=1S/C16H13F3O3/c1-10-8-13(16(17,18)19)6-7-14(10)22-9-11-2-4-12(5-3-11)15(20)21/h2-8H,9H2,1H3,(H,20,21). The molecule has 0 bridgehead atoms. The molecule has 0 aliphatic rings. The van der Waals surface area contributed by atoms with Crippen LogP contribution in [0.1, 0.15) is 27.0 Å². The Balaban J connectivity index is 2.07. The third-order valence-corrected chi connectivity index (χ3v) is 3.10. The molecule has 0 saturated heterocycles. The number of alkyl halides is 3. The lowest BCUT2D eigenvalue weighted by Crippen LogP contribution is -2.06. The first-order chi connectivity index (χ1) is 10.3. The highest BCUT2D eigenvalue weighted by Gasteiger charge is 2.30. The van der Waals surface area contributed by atoms with Gasteiger partial charge in [-0.3, -0.25) is 0 Å². The predicted octanol–water partition coefficient (Wildman–Crippen LogP) is 4.29. The highest BCUT2D eigenvalue weighted by Crippen LogP contribution is 2.32. The van der Waals surface area contributed by atoms with Gasteiger partial charge in [0, 0.05) is 0 Å². The smallest absolute Gasteiger partial charge is 0.416 e. The van der Waals surface area contributed by atoms with Gasteiger partial charge >= 0.3 is 12.1 Å². The van der Waals surface area contributed by atoms with Crippen LogP contribution in [0.4, 0.5) is 13.2 Å². The SMILES string of the molecule is Cc1cc(C(F)(F)F)ccc1OCc1ccc(C(=O)O)cc1. The molecule has 3 nitrogen and oxygen atoms in total. The van der Waals surface area contributed by atoms with Crippen molar-refractivity contribution in [1.82, 2.24) is 0 Å². The molecule has 0 fully saturated rings. The van der Waals surface area contributed by atoms with Gasteiger partial charge in [-0.05, 0) is 48.4 Å². The Hall–Kier alpha value is -2.50. The van der Waals surface area contributed by atoms with Gasteiger partial charge in [0.2, 0.25) is 0 Å². The largest absolute Gasteiger partial charge is 0.489 e. The molecule has 2 rings (SSSR count). The lowest BCUT2D eigenvalue weighted by atomic mass is 10.1. The van der Waals surface area contributed by atoms with Crippen LogP contribution in [0.2, 0.25) is 0 Å². The van der Waals surface area contributed by atoms with Crippen molar-refractivity contribution >= 4 is 5.97 Å². The molecule has 2 aromatic rings. The number of rotatable bonds is 4. The van der Waals surface area contributed by atoms with E-state index in [2.05, 4.69) is 0 Å². The lowest BCUT2D eigenvalue weighted by Gasteiger charge is -2.12. The number of hydrogen-bond acceptors (Lipinski definition) is 2. The molecule has 0 radical (unpaired) electrons. The number of ether oxygens (including phenoxy) is 1. The van der Waals surface area contributed by atoms with E-state index in [1.807, 2.05) is 0 Å². The molecule has 116 valence electrons. The Kier molecular flexibility index (Phi) is 4.40. The summed E-state index contributed by atoms with van der Waals surface area (Å²) in [6.07, 6.45) is -4.38. The number of aryl methyl sites for hydroxylation is 1. The van der Waals surface area contributed by atoms with Crippen molar-refractivity contribution in [2.24, 2.45) is 0 Å². The van der Waals surface area contributed by atoms with Crippen LogP contribution in [0.25, 0.3) is 0 Å². The molecule has 22 heavy (non-hydrogen) atoms. The van der Waals surface area contributed by atoms with E-state index >= 15 is 0 Å². The molecule has 0 unspecified atom stereocenters. The Morgan fingerprint density at radius 3 is 2.27 bits per heavy atom. The van der Waals surface area contributed by atoms with Crippen LogP contribution in [0.5, 0.6) is 5.75 Å². The number of carboxylic acids is 1. The van der Waals surface area contributed by atoms with E-state index < -0.39 is 17.7 Å². The summed E-state index contributed by atoms with van der Waals surface area (Å²) in [7, 11) is 0. The topological polar surface area (TPSA) is 46.5 Å². The summed E-state index contributed by atoms with van der Waals surface area (Å²) in [6, 6.07) is 9.37. The fraction of sp³-hybridized carbons (Fsp3) is 0.188. The highest BCUT2D eigenvalue weighted by molar-refractivity contribution is 5.87. The predicted molar refractivity (Wildman–Crippen MR) is 73.9 cm³/mol. The van der Waals surface area contributed by atoms with Crippen LogP contribution < -0.4 is 4.74 Å². The summed E-state index contributed by atoms with van der Waals surface area (Å²) in [5.74, 6) is -0.665. The molecule has 0 aromatic heterocycles. The van der Waals surface area contributed by atoms with Crippen molar-refractivity contribution < 1.29 is 27.8 Å². The fourth-order valence-corrected chi connectivity index (χ4v) is 1.89. The minimum absolute atomic E-state index is 0.145. The van der Waals surface area contributed by atoms with Gasteiger partial charge in [0.05, 0.1) is 11.1 Å². The highest BCUT2D eigenvalue weighted by atomic mass is 19.4. The zero-order valence-electron chi connectivity index (χ0n) is 11.6. The number of benzene rings is 2. The molecule has 0 spiro atoms. The van der Waals surface area contributed by atoms with Gasteiger partial charge < -0.3 is 9.84 Å². The van der Waals surface area contributed by atoms with E-state index in [0.717, 1.165) is 17.7 Å². The lowest BCUT2D eigenvalue weighted by molar-refractivity contribution is -0.137. The number of carboxylic acid groups (broad SMARTS) is 1. The molecule has 6 heteroatoms. The number of carbonyl (C=O) groups is 1. The van der Waals surface area contributed by atoms with Crippen molar-refractivity contribution in [3.05, 3.63) is 64.7 Å². The van der Waals surface area contributed by atoms with Crippen LogP contribution in [0, 0.1) is 6.92 Å². The Morgan fingerprint density at radius 1 is 1.14 bits per heavy atom. The van der Waals surface area contributed by atoms with E-state index in [9.17, 15) is 18.0 Å². The summed E-state index contributed by atoms with van der Waals surface area (Å²) >= 11 is 0.